The van der Waals surface area contributed by atoms with Crippen LogP contribution in [-0.4, -0.2) is 53.0 Å². The van der Waals surface area contributed by atoms with Crippen molar-refractivity contribution in [1.82, 2.24) is 14.4 Å². The number of nitriles is 1. The van der Waals surface area contributed by atoms with Crippen LogP contribution < -0.4 is 0 Å². The highest BCUT2D eigenvalue weighted by Gasteiger charge is 2.23. The van der Waals surface area contributed by atoms with Gasteiger partial charge in [0.2, 0.25) is 0 Å². The molecule has 0 unspecified atom stereocenters. The van der Waals surface area contributed by atoms with Crippen molar-refractivity contribution in [1.29, 1.82) is 5.26 Å². The first-order chi connectivity index (χ1) is 11.5. The van der Waals surface area contributed by atoms with Crippen LogP contribution in [-0.2, 0) is 11.3 Å². The zero-order chi connectivity index (χ0) is 17.7. The molecule has 0 spiro atoms. The van der Waals surface area contributed by atoms with E-state index in [1.165, 1.54) is 5.69 Å². The van der Waals surface area contributed by atoms with Gasteiger partial charge in [-0.25, -0.2) is 0 Å². The molecule has 1 amide bonds. The molecule has 0 aliphatic carbocycles. The largest absolute Gasteiger partial charge is 0.349 e. The van der Waals surface area contributed by atoms with Crippen LogP contribution in [0.5, 0.6) is 0 Å². The molecule has 0 bridgehead atoms. The smallest absolute Gasteiger partial charge is 0.264 e. The van der Waals surface area contributed by atoms with Crippen molar-refractivity contribution in [2.45, 2.75) is 40.7 Å². The van der Waals surface area contributed by atoms with E-state index in [0.29, 0.717) is 13.1 Å². The van der Waals surface area contributed by atoms with Crippen LogP contribution in [0.1, 0.15) is 37.2 Å². The fraction of sp³-hybridized carbons (Fsp3) is 0.579. The Bertz CT molecular complexity index is 658. The molecule has 2 heterocycles. The summed E-state index contributed by atoms with van der Waals surface area (Å²) < 4.78 is 2.24. The molecule has 0 saturated carbocycles. The molecule has 2 rings (SSSR count). The number of carbonyl (C=O) groups excluding carboxylic acids is 1. The number of hydrogen-bond acceptors (Lipinski definition) is 3. The van der Waals surface area contributed by atoms with Crippen LogP contribution in [0, 0.1) is 25.2 Å². The number of hydrogen-bond donors (Lipinski definition) is 0. The van der Waals surface area contributed by atoms with Crippen LogP contribution in [0.3, 0.4) is 0 Å². The van der Waals surface area contributed by atoms with E-state index in [2.05, 4.69) is 42.4 Å². The summed E-state index contributed by atoms with van der Waals surface area (Å²) in [4.78, 5) is 16.8. The van der Waals surface area contributed by atoms with Crippen LogP contribution >= 0.6 is 0 Å². The molecule has 130 valence electrons. The summed E-state index contributed by atoms with van der Waals surface area (Å²) in [6.45, 7) is 13.5. The molecule has 0 aromatic carbocycles. The average Bonchev–Trinajstić information content (AvgIpc) is 2.87. The van der Waals surface area contributed by atoms with Crippen LogP contribution in [0.25, 0.3) is 6.08 Å². The Morgan fingerprint density at radius 3 is 2.46 bits per heavy atom. The zero-order valence-electron chi connectivity index (χ0n) is 15.3. The quantitative estimate of drug-likeness (QED) is 0.617. The second-order valence-electron chi connectivity index (χ2n) is 6.37. The van der Waals surface area contributed by atoms with Gasteiger partial charge in [0.15, 0.2) is 0 Å². The van der Waals surface area contributed by atoms with Crippen molar-refractivity contribution in [2.75, 3.05) is 32.7 Å². The normalized spacial score (nSPS) is 16.3. The van der Waals surface area contributed by atoms with Gasteiger partial charge in [-0.3, -0.25) is 4.79 Å². The number of carbonyl (C=O) groups is 1. The first-order valence-electron chi connectivity index (χ1n) is 8.81. The molecule has 5 heteroatoms. The fourth-order valence-electron chi connectivity index (χ4n) is 3.28. The molecule has 1 aliphatic rings. The minimum Gasteiger partial charge on any atom is -0.349 e. The average molecular weight is 328 g/mol. The maximum Gasteiger partial charge on any atom is 0.264 e. The van der Waals surface area contributed by atoms with E-state index in [0.717, 1.165) is 43.9 Å². The predicted molar refractivity (Wildman–Crippen MR) is 96.5 cm³/mol. The van der Waals surface area contributed by atoms with Crippen LogP contribution in [0.2, 0.25) is 0 Å². The van der Waals surface area contributed by atoms with Crippen molar-refractivity contribution in [3.05, 3.63) is 28.6 Å². The van der Waals surface area contributed by atoms with E-state index in [9.17, 15) is 10.1 Å². The van der Waals surface area contributed by atoms with Gasteiger partial charge in [0.25, 0.3) is 5.91 Å². The van der Waals surface area contributed by atoms with Gasteiger partial charge in [-0.05, 0) is 44.5 Å². The van der Waals surface area contributed by atoms with E-state index < -0.39 is 0 Å². The minimum absolute atomic E-state index is 0.145. The van der Waals surface area contributed by atoms with Gasteiger partial charge < -0.3 is 14.4 Å². The number of amides is 1. The Labute approximate surface area is 145 Å². The van der Waals surface area contributed by atoms with Crippen molar-refractivity contribution in [2.24, 2.45) is 0 Å². The van der Waals surface area contributed by atoms with Gasteiger partial charge >= 0.3 is 0 Å². The molecule has 1 aromatic rings. The number of rotatable bonds is 5. The maximum atomic E-state index is 12.7. The highest BCUT2D eigenvalue weighted by molar-refractivity contribution is 6.01. The lowest BCUT2D eigenvalue weighted by Gasteiger charge is -2.33. The minimum atomic E-state index is -0.145. The second-order valence-corrected chi connectivity index (χ2v) is 6.37. The monoisotopic (exact) mass is 328 g/mol. The molecular formula is C19H28N4O. The van der Waals surface area contributed by atoms with Crippen molar-refractivity contribution in [3.8, 4) is 6.07 Å². The number of aryl methyl sites for hydroxylation is 1. The Kier molecular flexibility index (Phi) is 6.22. The lowest BCUT2D eigenvalue weighted by Crippen LogP contribution is -2.48. The predicted octanol–water partition coefficient (Wildman–Crippen LogP) is 2.59. The van der Waals surface area contributed by atoms with E-state index in [1.807, 2.05) is 6.92 Å². The first kappa shape index (κ1) is 18.3. The summed E-state index contributed by atoms with van der Waals surface area (Å²) in [6, 6.07) is 4.17. The van der Waals surface area contributed by atoms with E-state index >= 15 is 0 Å². The van der Waals surface area contributed by atoms with E-state index in [4.69, 9.17) is 0 Å². The molecule has 0 radical (unpaired) electrons. The van der Waals surface area contributed by atoms with Gasteiger partial charge in [-0.2, -0.15) is 5.26 Å². The molecule has 1 aliphatic heterocycles. The number of aromatic nitrogens is 1. The van der Waals surface area contributed by atoms with E-state index in [1.54, 1.807) is 11.0 Å². The number of nitrogens with zero attached hydrogens (tertiary/aromatic N) is 4. The van der Waals surface area contributed by atoms with Crippen molar-refractivity contribution in [3.63, 3.8) is 0 Å². The van der Waals surface area contributed by atoms with Gasteiger partial charge in [-0.1, -0.05) is 13.8 Å². The topological polar surface area (TPSA) is 52.3 Å². The summed E-state index contributed by atoms with van der Waals surface area (Å²) in [5.74, 6) is -0.145. The Morgan fingerprint density at radius 2 is 1.92 bits per heavy atom. The summed E-state index contributed by atoms with van der Waals surface area (Å²) in [5, 5.41) is 9.47. The SMILES string of the molecule is CCCn1c(C)cc(C=C(C#N)C(=O)N2CCN(CC)CC2)c1C. The summed E-state index contributed by atoms with van der Waals surface area (Å²) in [6.07, 6.45) is 2.81. The van der Waals surface area contributed by atoms with Gasteiger partial charge in [0, 0.05) is 44.1 Å². The Balaban J connectivity index is 2.19. The van der Waals surface area contributed by atoms with Crippen molar-refractivity contribution < 1.29 is 4.79 Å². The van der Waals surface area contributed by atoms with E-state index in [-0.39, 0.29) is 11.5 Å². The third kappa shape index (κ3) is 3.88. The molecule has 24 heavy (non-hydrogen) atoms. The van der Waals surface area contributed by atoms with Crippen molar-refractivity contribution >= 4 is 12.0 Å². The second kappa shape index (κ2) is 8.16. The molecule has 1 fully saturated rings. The Morgan fingerprint density at radius 1 is 1.25 bits per heavy atom. The lowest BCUT2D eigenvalue weighted by atomic mass is 10.1. The third-order valence-electron chi connectivity index (χ3n) is 4.82. The van der Waals surface area contributed by atoms with Crippen LogP contribution in [0.15, 0.2) is 11.6 Å². The molecule has 5 nitrogen and oxygen atoms in total. The summed E-state index contributed by atoms with van der Waals surface area (Å²) in [5.41, 5.74) is 3.49. The van der Waals surface area contributed by atoms with Gasteiger partial charge in [0.05, 0.1) is 0 Å². The molecule has 1 saturated heterocycles. The number of likely N-dealkylation sites (N-methyl/N-ethyl adjacent to an activating group) is 1. The number of piperazine rings is 1. The standard InChI is InChI=1S/C19H28N4O/c1-5-7-23-15(3)12-17(16(23)4)13-18(14-20)19(24)22-10-8-21(6-2)9-11-22/h12-13H,5-11H2,1-4H3. The maximum absolute atomic E-state index is 12.7. The summed E-state index contributed by atoms with van der Waals surface area (Å²) in [7, 11) is 0. The zero-order valence-corrected chi connectivity index (χ0v) is 15.3. The highest BCUT2D eigenvalue weighted by atomic mass is 16.2. The lowest BCUT2D eigenvalue weighted by molar-refractivity contribution is -0.128. The molecule has 0 atom stereocenters. The molecule has 0 N–H and O–H groups in total. The molecule has 1 aromatic heterocycles. The van der Waals surface area contributed by atoms with Gasteiger partial charge in [-0.15, -0.1) is 0 Å². The Hall–Kier alpha value is -2.06. The van der Waals surface area contributed by atoms with Crippen LogP contribution in [0.4, 0.5) is 0 Å². The highest BCUT2D eigenvalue weighted by Crippen LogP contribution is 2.19. The summed E-state index contributed by atoms with van der Waals surface area (Å²) >= 11 is 0. The van der Waals surface area contributed by atoms with Gasteiger partial charge in [0.1, 0.15) is 11.6 Å². The first-order valence-corrected chi connectivity index (χ1v) is 8.81. The fourth-order valence-corrected chi connectivity index (χ4v) is 3.28. The molecular weight excluding hydrogens is 300 g/mol. The third-order valence-corrected chi connectivity index (χ3v) is 4.82.